The molecule has 0 saturated carbocycles. The van der Waals surface area contributed by atoms with Crippen LogP contribution in [0.5, 0.6) is 0 Å². The number of imidazole rings is 1. The smallest absolute Gasteiger partial charge is 0.422 e. The normalized spacial score (nSPS) is 11.8. The van der Waals surface area contributed by atoms with Crippen LogP contribution >= 0.6 is 23.2 Å². The third-order valence-corrected chi connectivity index (χ3v) is 4.95. The number of anilines is 1. The first-order valence-corrected chi connectivity index (χ1v) is 10.2. The summed E-state index contributed by atoms with van der Waals surface area (Å²) in [5.41, 5.74) is 1.17. The molecule has 1 amide bonds. The van der Waals surface area contributed by atoms with Gasteiger partial charge in [-0.15, -0.1) is 0 Å². The van der Waals surface area contributed by atoms with Crippen LogP contribution in [0.25, 0.3) is 11.2 Å². The number of aromatic nitrogens is 3. The molecule has 0 aliphatic heterocycles. The fourth-order valence-corrected chi connectivity index (χ4v) is 3.71. The highest BCUT2D eigenvalue weighted by molar-refractivity contribution is 6.34. The quantitative estimate of drug-likeness (QED) is 0.483. The monoisotopic (exact) mass is 483 g/mol. The SMILES string of the molecule is COC(=O)NC(CCNc1nc2ccc(F)nc2n1C(=O)OC)Cc1cc(Cl)cc(Cl)c1. The summed E-state index contributed by atoms with van der Waals surface area (Å²) in [4.78, 5) is 32.0. The molecule has 0 bridgehead atoms. The second-order valence-electron chi connectivity index (χ2n) is 6.75. The van der Waals surface area contributed by atoms with Gasteiger partial charge in [0, 0.05) is 22.6 Å². The fraction of sp³-hybridized carbons (Fsp3) is 0.300. The van der Waals surface area contributed by atoms with Crippen molar-refractivity contribution >= 4 is 52.5 Å². The highest BCUT2D eigenvalue weighted by atomic mass is 35.5. The maximum atomic E-state index is 13.6. The Kier molecular flexibility index (Phi) is 7.70. The first-order valence-electron chi connectivity index (χ1n) is 9.47. The van der Waals surface area contributed by atoms with E-state index in [1.807, 2.05) is 0 Å². The number of hydrogen-bond acceptors (Lipinski definition) is 7. The number of amides is 1. The molecule has 12 heteroatoms. The molecule has 2 aromatic heterocycles. The van der Waals surface area contributed by atoms with Crippen LogP contribution in [0.3, 0.4) is 0 Å². The maximum absolute atomic E-state index is 13.6. The number of nitrogens with zero attached hydrogens (tertiary/aromatic N) is 3. The average molecular weight is 484 g/mol. The largest absolute Gasteiger partial charge is 0.453 e. The van der Waals surface area contributed by atoms with E-state index in [9.17, 15) is 14.0 Å². The van der Waals surface area contributed by atoms with Crippen LogP contribution in [0, 0.1) is 5.95 Å². The zero-order valence-corrected chi connectivity index (χ0v) is 18.7. The standard InChI is InChI=1S/C20H20Cl2FN5O4/c1-31-19(29)25-14(9-11-7-12(21)10-13(22)8-11)5-6-24-18-26-15-3-4-16(23)27-17(15)28(18)20(30)32-2/h3-4,7-8,10,14H,5-6,9H2,1-2H3,(H,24,26)(H,25,29). The molecule has 3 rings (SSSR count). The number of nitrogens with one attached hydrogen (secondary N) is 2. The van der Waals surface area contributed by atoms with Crippen molar-refractivity contribution < 1.29 is 23.5 Å². The van der Waals surface area contributed by atoms with Gasteiger partial charge in [-0.2, -0.15) is 13.9 Å². The third kappa shape index (κ3) is 5.77. The molecule has 0 saturated heterocycles. The van der Waals surface area contributed by atoms with Crippen LogP contribution in [0.2, 0.25) is 10.0 Å². The fourth-order valence-electron chi connectivity index (χ4n) is 3.14. The Bertz CT molecular complexity index is 1120. The van der Waals surface area contributed by atoms with Gasteiger partial charge in [0.15, 0.2) is 5.65 Å². The molecule has 0 fully saturated rings. The molecule has 1 atom stereocenters. The molecule has 2 N–H and O–H groups in total. The van der Waals surface area contributed by atoms with Crippen molar-refractivity contribution in [3.63, 3.8) is 0 Å². The lowest BCUT2D eigenvalue weighted by Crippen LogP contribution is -2.37. The van der Waals surface area contributed by atoms with Crippen LogP contribution in [-0.2, 0) is 15.9 Å². The Balaban J connectivity index is 1.77. The number of methoxy groups -OCH3 is 2. The van der Waals surface area contributed by atoms with E-state index in [2.05, 4.69) is 20.6 Å². The van der Waals surface area contributed by atoms with Crippen molar-refractivity contribution in [3.05, 3.63) is 51.9 Å². The lowest BCUT2D eigenvalue weighted by atomic mass is 10.0. The molecule has 0 radical (unpaired) electrons. The van der Waals surface area contributed by atoms with E-state index in [1.165, 1.54) is 20.3 Å². The van der Waals surface area contributed by atoms with E-state index in [4.69, 9.17) is 32.7 Å². The van der Waals surface area contributed by atoms with E-state index < -0.39 is 18.1 Å². The topological polar surface area (TPSA) is 107 Å². The minimum Gasteiger partial charge on any atom is -0.453 e. The Morgan fingerprint density at radius 2 is 1.84 bits per heavy atom. The lowest BCUT2D eigenvalue weighted by Gasteiger charge is -2.19. The number of hydrogen-bond donors (Lipinski definition) is 2. The summed E-state index contributed by atoms with van der Waals surface area (Å²) in [5.74, 6) is -0.621. The van der Waals surface area contributed by atoms with E-state index in [0.29, 0.717) is 34.9 Å². The van der Waals surface area contributed by atoms with E-state index in [0.717, 1.165) is 16.2 Å². The number of ether oxygens (including phenoxy) is 2. The summed E-state index contributed by atoms with van der Waals surface area (Å²) in [6, 6.07) is 7.33. The van der Waals surface area contributed by atoms with Crippen LogP contribution in [0.4, 0.5) is 19.9 Å². The predicted octanol–water partition coefficient (Wildman–Crippen LogP) is 4.26. The lowest BCUT2D eigenvalue weighted by molar-refractivity contribution is 0.166. The number of carbonyl (C=O) groups is 2. The number of benzene rings is 1. The maximum Gasteiger partial charge on any atom is 0.422 e. The van der Waals surface area contributed by atoms with Gasteiger partial charge in [-0.05, 0) is 48.7 Å². The molecule has 0 spiro atoms. The molecule has 0 aliphatic rings. The van der Waals surface area contributed by atoms with Gasteiger partial charge in [0.05, 0.1) is 14.2 Å². The zero-order valence-electron chi connectivity index (χ0n) is 17.2. The Morgan fingerprint density at radius 3 is 2.50 bits per heavy atom. The Morgan fingerprint density at radius 1 is 1.12 bits per heavy atom. The summed E-state index contributed by atoms with van der Waals surface area (Å²) in [7, 11) is 2.47. The Labute approximate surface area is 192 Å². The van der Waals surface area contributed by atoms with Crippen molar-refractivity contribution in [1.82, 2.24) is 19.9 Å². The van der Waals surface area contributed by atoms with E-state index in [-0.39, 0.29) is 17.6 Å². The van der Waals surface area contributed by atoms with Gasteiger partial charge in [0.1, 0.15) is 5.52 Å². The molecule has 1 aromatic carbocycles. The van der Waals surface area contributed by atoms with Crippen LogP contribution in [0.15, 0.2) is 30.3 Å². The molecular weight excluding hydrogens is 464 g/mol. The summed E-state index contributed by atoms with van der Waals surface area (Å²) in [6.45, 7) is 0.297. The molecule has 2 heterocycles. The number of pyridine rings is 1. The van der Waals surface area contributed by atoms with Crippen molar-refractivity contribution in [2.45, 2.75) is 18.9 Å². The van der Waals surface area contributed by atoms with Gasteiger partial charge in [-0.25, -0.2) is 14.6 Å². The summed E-state index contributed by atoms with van der Waals surface area (Å²) < 4.78 is 24.1. The molecule has 9 nitrogen and oxygen atoms in total. The van der Waals surface area contributed by atoms with Crippen molar-refractivity contribution in [1.29, 1.82) is 0 Å². The molecule has 1 unspecified atom stereocenters. The summed E-state index contributed by atoms with van der Waals surface area (Å²) >= 11 is 12.1. The van der Waals surface area contributed by atoms with Crippen LogP contribution in [0.1, 0.15) is 12.0 Å². The molecule has 170 valence electrons. The van der Waals surface area contributed by atoms with E-state index in [1.54, 1.807) is 18.2 Å². The number of fused-ring (bicyclic) bond motifs is 1. The van der Waals surface area contributed by atoms with Gasteiger partial charge in [-0.1, -0.05) is 23.2 Å². The minimum atomic E-state index is -0.772. The molecular formula is C20H20Cl2FN5O4. The molecule has 32 heavy (non-hydrogen) atoms. The number of halogens is 3. The zero-order chi connectivity index (χ0) is 23.3. The van der Waals surface area contributed by atoms with Gasteiger partial charge in [0.2, 0.25) is 11.9 Å². The van der Waals surface area contributed by atoms with Gasteiger partial charge >= 0.3 is 12.2 Å². The Hall–Kier alpha value is -3.11. The second-order valence-corrected chi connectivity index (χ2v) is 7.62. The summed E-state index contributed by atoms with van der Waals surface area (Å²) in [5, 5.41) is 6.73. The first kappa shape index (κ1) is 23.6. The van der Waals surface area contributed by atoms with Crippen LogP contribution < -0.4 is 10.6 Å². The highest BCUT2D eigenvalue weighted by Gasteiger charge is 2.20. The van der Waals surface area contributed by atoms with Gasteiger partial charge in [-0.3, -0.25) is 0 Å². The highest BCUT2D eigenvalue weighted by Crippen LogP contribution is 2.21. The predicted molar refractivity (Wildman–Crippen MR) is 118 cm³/mol. The average Bonchev–Trinajstić information content (AvgIpc) is 3.09. The third-order valence-electron chi connectivity index (χ3n) is 4.52. The van der Waals surface area contributed by atoms with E-state index >= 15 is 0 Å². The van der Waals surface area contributed by atoms with Crippen molar-refractivity contribution in [2.75, 3.05) is 26.1 Å². The van der Waals surface area contributed by atoms with Gasteiger partial charge < -0.3 is 20.1 Å². The number of carbonyl (C=O) groups excluding carboxylic acids is 2. The van der Waals surface area contributed by atoms with Crippen molar-refractivity contribution in [3.8, 4) is 0 Å². The van der Waals surface area contributed by atoms with Crippen LogP contribution in [-0.4, -0.2) is 53.5 Å². The first-order chi connectivity index (χ1) is 15.3. The summed E-state index contributed by atoms with van der Waals surface area (Å²) in [6.07, 6.45) is -0.515. The number of alkyl carbamates (subject to hydrolysis) is 1. The van der Waals surface area contributed by atoms with Gasteiger partial charge in [0.25, 0.3) is 0 Å². The molecule has 3 aromatic rings. The second kappa shape index (κ2) is 10.5. The minimum absolute atomic E-state index is 0.0251. The number of rotatable bonds is 7. The molecule has 0 aliphatic carbocycles. The van der Waals surface area contributed by atoms with Crippen molar-refractivity contribution in [2.24, 2.45) is 0 Å².